The quantitative estimate of drug-likeness (QED) is 0.814. The van der Waals surface area contributed by atoms with Gasteiger partial charge in [0.15, 0.2) is 0 Å². The lowest BCUT2D eigenvalue weighted by atomic mass is 10.1. The molecule has 0 fully saturated rings. The van der Waals surface area contributed by atoms with Gasteiger partial charge in [-0.05, 0) is 52.7 Å². The van der Waals surface area contributed by atoms with Crippen molar-refractivity contribution in [2.75, 3.05) is 5.32 Å². The van der Waals surface area contributed by atoms with Crippen LogP contribution in [0.1, 0.15) is 24.1 Å². The lowest BCUT2D eigenvalue weighted by Gasteiger charge is -2.18. The van der Waals surface area contributed by atoms with Gasteiger partial charge in [-0.3, -0.25) is 0 Å². The molecule has 0 bridgehead atoms. The third-order valence-corrected chi connectivity index (χ3v) is 3.83. The van der Waals surface area contributed by atoms with Crippen LogP contribution in [0, 0.1) is 17.1 Å². The standard InChI is InChI=1S/C15H11BrClFN2/c1-9(11-4-2-10(8-19)3-5-11)20-15-13(16)6-12(18)7-14(15)17/h2-7,9,20H,1H3. The molecule has 0 aliphatic rings. The topological polar surface area (TPSA) is 35.8 Å². The van der Waals surface area contributed by atoms with Crippen LogP contribution in [-0.4, -0.2) is 0 Å². The highest BCUT2D eigenvalue weighted by Gasteiger charge is 2.12. The van der Waals surface area contributed by atoms with Crippen molar-refractivity contribution in [3.8, 4) is 6.07 Å². The molecule has 0 saturated carbocycles. The molecular weight excluding hydrogens is 343 g/mol. The van der Waals surface area contributed by atoms with E-state index < -0.39 is 5.82 Å². The van der Waals surface area contributed by atoms with Gasteiger partial charge in [0.2, 0.25) is 0 Å². The zero-order chi connectivity index (χ0) is 14.7. The van der Waals surface area contributed by atoms with Crippen molar-refractivity contribution in [2.45, 2.75) is 13.0 Å². The summed E-state index contributed by atoms with van der Waals surface area (Å²) in [5.74, 6) is -0.390. The number of halogens is 3. The molecule has 1 N–H and O–H groups in total. The molecule has 0 aliphatic heterocycles. The molecule has 0 spiro atoms. The minimum absolute atomic E-state index is 0.0259. The fourth-order valence-electron chi connectivity index (χ4n) is 1.83. The second kappa shape index (κ2) is 6.25. The van der Waals surface area contributed by atoms with Crippen molar-refractivity contribution >= 4 is 33.2 Å². The van der Waals surface area contributed by atoms with Gasteiger partial charge in [0.25, 0.3) is 0 Å². The van der Waals surface area contributed by atoms with Crippen molar-refractivity contribution < 1.29 is 4.39 Å². The summed E-state index contributed by atoms with van der Waals surface area (Å²) in [6.07, 6.45) is 0. The van der Waals surface area contributed by atoms with Crippen LogP contribution in [0.15, 0.2) is 40.9 Å². The van der Waals surface area contributed by atoms with Crippen LogP contribution in [0.3, 0.4) is 0 Å². The third-order valence-electron chi connectivity index (χ3n) is 2.91. The van der Waals surface area contributed by atoms with Gasteiger partial charge in [-0.15, -0.1) is 0 Å². The molecule has 1 atom stereocenters. The molecule has 2 nitrogen and oxygen atoms in total. The van der Waals surface area contributed by atoms with Gasteiger partial charge in [-0.25, -0.2) is 4.39 Å². The summed E-state index contributed by atoms with van der Waals surface area (Å²) in [7, 11) is 0. The van der Waals surface area contributed by atoms with Crippen LogP contribution in [-0.2, 0) is 0 Å². The summed E-state index contributed by atoms with van der Waals surface area (Å²) >= 11 is 9.33. The molecule has 20 heavy (non-hydrogen) atoms. The van der Waals surface area contributed by atoms with Gasteiger partial charge in [0, 0.05) is 10.5 Å². The molecule has 2 aromatic carbocycles. The third kappa shape index (κ3) is 3.30. The molecule has 0 saturated heterocycles. The molecular formula is C15H11BrClFN2. The highest BCUT2D eigenvalue weighted by atomic mass is 79.9. The Morgan fingerprint density at radius 2 is 1.95 bits per heavy atom. The molecule has 0 aliphatic carbocycles. The Bertz CT molecular complexity index is 642. The maximum Gasteiger partial charge on any atom is 0.125 e. The number of anilines is 1. The van der Waals surface area contributed by atoms with E-state index in [1.165, 1.54) is 12.1 Å². The van der Waals surface area contributed by atoms with Crippen molar-refractivity contribution in [2.24, 2.45) is 0 Å². The lowest BCUT2D eigenvalue weighted by molar-refractivity contribution is 0.627. The molecule has 0 radical (unpaired) electrons. The number of hydrogen-bond donors (Lipinski definition) is 1. The predicted octanol–water partition coefficient (Wildman–Crippen LogP) is 5.29. The van der Waals surface area contributed by atoms with Crippen molar-refractivity contribution in [3.63, 3.8) is 0 Å². The summed E-state index contributed by atoms with van der Waals surface area (Å²) in [4.78, 5) is 0. The van der Waals surface area contributed by atoms with E-state index in [4.69, 9.17) is 16.9 Å². The minimum Gasteiger partial charge on any atom is -0.376 e. The van der Waals surface area contributed by atoms with Crippen molar-refractivity contribution in [3.05, 3.63) is 62.8 Å². The van der Waals surface area contributed by atoms with E-state index >= 15 is 0 Å². The summed E-state index contributed by atoms with van der Waals surface area (Å²) in [5.41, 5.74) is 2.27. The first-order valence-corrected chi connectivity index (χ1v) is 7.09. The van der Waals surface area contributed by atoms with E-state index in [0.29, 0.717) is 20.7 Å². The Hall–Kier alpha value is -1.57. The molecule has 5 heteroatoms. The normalized spacial score (nSPS) is 11.8. The Kier molecular flexibility index (Phi) is 4.64. The van der Waals surface area contributed by atoms with Gasteiger partial charge in [0.05, 0.1) is 22.3 Å². The molecule has 2 rings (SSSR count). The van der Waals surface area contributed by atoms with E-state index in [2.05, 4.69) is 27.3 Å². The number of benzene rings is 2. The van der Waals surface area contributed by atoms with Crippen LogP contribution < -0.4 is 5.32 Å². The highest BCUT2D eigenvalue weighted by molar-refractivity contribution is 9.10. The minimum atomic E-state index is -0.390. The number of nitrogens with one attached hydrogen (secondary N) is 1. The number of nitriles is 1. The summed E-state index contributed by atoms with van der Waals surface area (Å²) < 4.78 is 13.8. The molecule has 0 aromatic heterocycles. The van der Waals surface area contributed by atoms with Gasteiger partial charge in [-0.1, -0.05) is 23.7 Å². The Balaban J connectivity index is 2.23. The zero-order valence-corrected chi connectivity index (χ0v) is 13.0. The van der Waals surface area contributed by atoms with E-state index in [9.17, 15) is 4.39 Å². The summed E-state index contributed by atoms with van der Waals surface area (Å²) in [5, 5.41) is 12.3. The fourth-order valence-corrected chi connectivity index (χ4v) is 2.75. The molecule has 0 heterocycles. The fraction of sp³-hybridized carbons (Fsp3) is 0.133. The van der Waals surface area contributed by atoms with Crippen LogP contribution >= 0.6 is 27.5 Å². The van der Waals surface area contributed by atoms with E-state index in [0.717, 1.165) is 5.56 Å². The predicted molar refractivity (Wildman–Crippen MR) is 82.3 cm³/mol. The Morgan fingerprint density at radius 3 is 2.50 bits per heavy atom. The van der Waals surface area contributed by atoms with Gasteiger partial charge < -0.3 is 5.32 Å². The number of rotatable bonds is 3. The monoisotopic (exact) mass is 352 g/mol. The lowest BCUT2D eigenvalue weighted by Crippen LogP contribution is -2.07. The van der Waals surface area contributed by atoms with Crippen LogP contribution in [0.5, 0.6) is 0 Å². The number of hydrogen-bond acceptors (Lipinski definition) is 2. The summed E-state index contributed by atoms with van der Waals surface area (Å²) in [6, 6.07) is 11.9. The smallest absolute Gasteiger partial charge is 0.125 e. The van der Waals surface area contributed by atoms with E-state index in [-0.39, 0.29) is 6.04 Å². The molecule has 1 unspecified atom stereocenters. The SMILES string of the molecule is CC(Nc1c(Cl)cc(F)cc1Br)c1ccc(C#N)cc1. The van der Waals surface area contributed by atoms with E-state index in [1.54, 1.807) is 12.1 Å². The Labute approximate surface area is 130 Å². The average Bonchev–Trinajstić information content (AvgIpc) is 2.42. The summed E-state index contributed by atoms with van der Waals surface area (Å²) in [6.45, 7) is 1.97. The van der Waals surface area contributed by atoms with Crippen LogP contribution in [0.4, 0.5) is 10.1 Å². The van der Waals surface area contributed by atoms with Crippen LogP contribution in [0.25, 0.3) is 0 Å². The van der Waals surface area contributed by atoms with Crippen molar-refractivity contribution in [1.29, 1.82) is 5.26 Å². The first-order chi connectivity index (χ1) is 9.51. The Morgan fingerprint density at radius 1 is 1.30 bits per heavy atom. The van der Waals surface area contributed by atoms with Crippen LogP contribution in [0.2, 0.25) is 5.02 Å². The second-order valence-corrected chi connectivity index (χ2v) is 5.61. The van der Waals surface area contributed by atoms with Gasteiger partial charge in [-0.2, -0.15) is 5.26 Å². The second-order valence-electron chi connectivity index (χ2n) is 4.34. The van der Waals surface area contributed by atoms with Crippen molar-refractivity contribution in [1.82, 2.24) is 0 Å². The van der Waals surface area contributed by atoms with E-state index in [1.807, 2.05) is 19.1 Å². The largest absolute Gasteiger partial charge is 0.376 e. The zero-order valence-electron chi connectivity index (χ0n) is 10.6. The number of nitrogens with zero attached hydrogens (tertiary/aromatic N) is 1. The molecule has 0 amide bonds. The molecule has 102 valence electrons. The first kappa shape index (κ1) is 14.8. The first-order valence-electron chi connectivity index (χ1n) is 5.92. The highest BCUT2D eigenvalue weighted by Crippen LogP contribution is 2.34. The average molecular weight is 354 g/mol. The van der Waals surface area contributed by atoms with Gasteiger partial charge >= 0.3 is 0 Å². The van der Waals surface area contributed by atoms with Gasteiger partial charge in [0.1, 0.15) is 5.82 Å². The maximum absolute atomic E-state index is 13.2. The molecule has 2 aromatic rings. The maximum atomic E-state index is 13.2.